The number of nitrogens with one attached hydrogen (secondary N) is 1. The fourth-order valence-electron chi connectivity index (χ4n) is 1.88. The molecule has 2 nitrogen and oxygen atoms in total. The monoisotopic (exact) mass is 279 g/mol. The van der Waals surface area contributed by atoms with Crippen molar-refractivity contribution in [2.45, 2.75) is 24.4 Å². The van der Waals surface area contributed by atoms with Gasteiger partial charge in [-0.1, -0.05) is 0 Å². The molecule has 18 heavy (non-hydrogen) atoms. The molecule has 0 unspecified atom stereocenters. The molecule has 1 heterocycles. The summed E-state index contributed by atoms with van der Waals surface area (Å²) in [6, 6.07) is 1.47. The molecule has 0 aromatic heterocycles. The number of hydrogen-bond donors (Lipinski definition) is 1. The van der Waals surface area contributed by atoms with Crippen LogP contribution in [0.2, 0.25) is 0 Å². The summed E-state index contributed by atoms with van der Waals surface area (Å²) in [5.41, 5.74) is 0.00863. The molecule has 1 aromatic carbocycles. The minimum absolute atomic E-state index is 0.00863. The summed E-state index contributed by atoms with van der Waals surface area (Å²) in [7, 11) is 0. The van der Waals surface area contributed by atoms with Gasteiger partial charge in [0.15, 0.2) is 11.6 Å². The molecule has 1 aliphatic rings. The average molecular weight is 280 g/mol. The van der Waals surface area contributed by atoms with Crippen molar-refractivity contribution in [2.75, 3.05) is 13.2 Å². The van der Waals surface area contributed by atoms with Crippen molar-refractivity contribution in [3.8, 4) is 0 Å². The van der Waals surface area contributed by atoms with Crippen molar-refractivity contribution in [3.05, 3.63) is 35.1 Å². The molecule has 1 aliphatic heterocycles. The largest absolute Gasteiger partial charge is 0.375 e. The predicted octanol–water partition coefficient (Wildman–Crippen LogP) is 2.59. The molecule has 2 rings (SSSR count). The minimum Gasteiger partial charge on any atom is -0.375 e. The van der Waals surface area contributed by atoms with Gasteiger partial charge in [0, 0.05) is 29.6 Å². The van der Waals surface area contributed by atoms with Crippen molar-refractivity contribution >= 4 is 11.6 Å². The van der Waals surface area contributed by atoms with Crippen molar-refractivity contribution in [1.82, 2.24) is 5.32 Å². The predicted molar refractivity (Wildman–Crippen MR) is 62.0 cm³/mol. The third-order valence-corrected chi connectivity index (χ3v) is 3.17. The lowest BCUT2D eigenvalue weighted by molar-refractivity contribution is 0.101. The molecular weight excluding hydrogens is 267 g/mol. The Balaban J connectivity index is 1.85. The van der Waals surface area contributed by atoms with E-state index in [9.17, 15) is 13.2 Å². The Morgan fingerprint density at radius 2 is 1.94 bits per heavy atom. The molecule has 0 radical (unpaired) electrons. The average Bonchev–Trinajstić information content (AvgIpc) is 2.71. The second-order valence-corrected chi connectivity index (χ2v) is 4.93. The summed E-state index contributed by atoms with van der Waals surface area (Å²) >= 11 is 5.90. The number of rotatable bonds is 4. The van der Waals surface area contributed by atoms with Gasteiger partial charge in [0.05, 0.1) is 13.2 Å². The fraction of sp³-hybridized carbons (Fsp3) is 0.500. The first-order chi connectivity index (χ1) is 8.56. The normalized spacial score (nSPS) is 23.6. The van der Waals surface area contributed by atoms with Crippen LogP contribution in [-0.4, -0.2) is 24.6 Å². The van der Waals surface area contributed by atoms with Gasteiger partial charge < -0.3 is 10.1 Å². The van der Waals surface area contributed by atoms with E-state index in [0.717, 1.165) is 19.0 Å². The Morgan fingerprint density at radius 1 is 1.22 bits per heavy atom. The first kappa shape index (κ1) is 13.6. The maximum absolute atomic E-state index is 13.3. The molecule has 0 amide bonds. The zero-order valence-corrected chi connectivity index (χ0v) is 10.3. The van der Waals surface area contributed by atoms with E-state index in [1.165, 1.54) is 0 Å². The Morgan fingerprint density at radius 3 is 2.61 bits per heavy atom. The third-order valence-electron chi connectivity index (χ3n) is 2.83. The highest BCUT2D eigenvalue weighted by molar-refractivity contribution is 6.21. The minimum atomic E-state index is -1.20. The molecule has 0 aliphatic carbocycles. The number of hydrogen-bond acceptors (Lipinski definition) is 2. The number of alkyl halides is 1. The quantitative estimate of drug-likeness (QED) is 0.676. The van der Waals surface area contributed by atoms with Gasteiger partial charge in [0.1, 0.15) is 5.82 Å². The van der Waals surface area contributed by atoms with E-state index in [-0.39, 0.29) is 23.6 Å². The standard InChI is InChI=1S/C12H13ClF3NO/c13-8-2-9(17-4-8)6-18-5-7-1-11(15)12(16)3-10(7)14/h1,3,8-9,17H,2,4-6H2/t8-,9-/m0/s1. The highest BCUT2D eigenvalue weighted by Gasteiger charge is 2.22. The molecule has 1 aromatic rings. The first-order valence-electron chi connectivity index (χ1n) is 5.65. The Labute approximate surface area is 108 Å². The van der Waals surface area contributed by atoms with Crippen molar-refractivity contribution in [2.24, 2.45) is 0 Å². The molecule has 1 fully saturated rings. The molecule has 0 saturated carbocycles. The van der Waals surface area contributed by atoms with Crippen LogP contribution in [-0.2, 0) is 11.3 Å². The SMILES string of the molecule is Fc1cc(F)c(COC[C@@H]2C[C@H](Cl)CN2)cc1F. The van der Waals surface area contributed by atoms with Gasteiger partial charge in [-0.3, -0.25) is 0 Å². The smallest absolute Gasteiger partial charge is 0.161 e. The molecular formula is C12H13ClF3NO. The van der Waals surface area contributed by atoms with E-state index in [4.69, 9.17) is 16.3 Å². The van der Waals surface area contributed by atoms with Crippen LogP contribution in [0.5, 0.6) is 0 Å². The van der Waals surface area contributed by atoms with Crippen LogP contribution in [0.4, 0.5) is 13.2 Å². The van der Waals surface area contributed by atoms with Gasteiger partial charge in [0.2, 0.25) is 0 Å². The molecule has 6 heteroatoms. The lowest BCUT2D eigenvalue weighted by Gasteiger charge is -2.11. The zero-order chi connectivity index (χ0) is 13.1. The molecule has 100 valence electrons. The van der Waals surface area contributed by atoms with Crippen LogP contribution in [0, 0.1) is 17.5 Å². The molecule has 1 N–H and O–H groups in total. The maximum Gasteiger partial charge on any atom is 0.161 e. The Hall–Kier alpha value is -0.780. The number of benzene rings is 1. The van der Waals surface area contributed by atoms with Gasteiger partial charge in [-0.2, -0.15) is 0 Å². The maximum atomic E-state index is 13.3. The topological polar surface area (TPSA) is 21.3 Å². The van der Waals surface area contributed by atoms with E-state index in [0.29, 0.717) is 12.7 Å². The van der Waals surface area contributed by atoms with E-state index >= 15 is 0 Å². The lowest BCUT2D eigenvalue weighted by atomic mass is 10.2. The second kappa shape index (κ2) is 5.91. The second-order valence-electron chi connectivity index (χ2n) is 4.31. The van der Waals surface area contributed by atoms with Crippen LogP contribution >= 0.6 is 11.6 Å². The Kier molecular flexibility index (Phi) is 4.48. The summed E-state index contributed by atoms with van der Waals surface area (Å²) in [6.45, 7) is 0.991. The molecule has 0 bridgehead atoms. The fourth-order valence-corrected chi connectivity index (χ4v) is 2.19. The highest BCUT2D eigenvalue weighted by Crippen LogP contribution is 2.16. The van der Waals surface area contributed by atoms with Crippen LogP contribution in [0.25, 0.3) is 0 Å². The van der Waals surface area contributed by atoms with E-state index in [1.54, 1.807) is 0 Å². The molecule has 0 spiro atoms. The van der Waals surface area contributed by atoms with E-state index in [2.05, 4.69) is 5.32 Å². The number of halogens is 4. The Bertz CT molecular complexity index is 430. The van der Waals surface area contributed by atoms with Crippen LogP contribution < -0.4 is 5.32 Å². The highest BCUT2D eigenvalue weighted by atomic mass is 35.5. The van der Waals surface area contributed by atoms with E-state index < -0.39 is 17.5 Å². The zero-order valence-electron chi connectivity index (χ0n) is 9.56. The summed E-state index contributed by atoms with van der Waals surface area (Å²) < 4.78 is 44.1. The van der Waals surface area contributed by atoms with Gasteiger partial charge in [-0.15, -0.1) is 11.6 Å². The number of ether oxygens (including phenoxy) is 1. The van der Waals surface area contributed by atoms with Crippen LogP contribution in [0.1, 0.15) is 12.0 Å². The van der Waals surface area contributed by atoms with Gasteiger partial charge in [-0.05, 0) is 12.5 Å². The summed E-state index contributed by atoms with van der Waals surface area (Å²) in [5.74, 6) is -3.07. The summed E-state index contributed by atoms with van der Waals surface area (Å²) in [5, 5.41) is 3.23. The summed E-state index contributed by atoms with van der Waals surface area (Å²) in [4.78, 5) is 0. The van der Waals surface area contributed by atoms with Crippen molar-refractivity contribution in [1.29, 1.82) is 0 Å². The third kappa shape index (κ3) is 3.37. The van der Waals surface area contributed by atoms with Crippen LogP contribution in [0.3, 0.4) is 0 Å². The van der Waals surface area contributed by atoms with Gasteiger partial charge in [0.25, 0.3) is 0 Å². The van der Waals surface area contributed by atoms with Crippen LogP contribution in [0.15, 0.2) is 12.1 Å². The molecule has 2 atom stereocenters. The summed E-state index contributed by atoms with van der Waals surface area (Å²) in [6.07, 6.45) is 0.780. The first-order valence-corrected chi connectivity index (χ1v) is 6.08. The molecule has 1 saturated heterocycles. The van der Waals surface area contributed by atoms with Gasteiger partial charge >= 0.3 is 0 Å². The van der Waals surface area contributed by atoms with Gasteiger partial charge in [-0.25, -0.2) is 13.2 Å². The van der Waals surface area contributed by atoms with Crippen molar-refractivity contribution < 1.29 is 17.9 Å². The van der Waals surface area contributed by atoms with E-state index in [1.807, 2.05) is 0 Å². The lowest BCUT2D eigenvalue weighted by Crippen LogP contribution is -2.26. The van der Waals surface area contributed by atoms with Crippen molar-refractivity contribution in [3.63, 3.8) is 0 Å².